The molecule has 0 bridgehead atoms. The molecule has 118 valence electrons. The lowest BCUT2D eigenvalue weighted by Gasteiger charge is -2.30. The molecule has 0 aromatic heterocycles. The summed E-state index contributed by atoms with van der Waals surface area (Å²) < 4.78 is 5.76. The third-order valence-electron chi connectivity index (χ3n) is 3.65. The number of esters is 1. The van der Waals surface area contributed by atoms with Crippen LogP contribution in [0.5, 0.6) is 0 Å². The number of ketones is 1. The number of carbonyl (C=O) groups excluding carboxylic acids is 3. The summed E-state index contributed by atoms with van der Waals surface area (Å²) in [6.45, 7) is 2.34. The van der Waals surface area contributed by atoms with Crippen LogP contribution in [0.4, 0.5) is 0 Å². The minimum Gasteiger partial charge on any atom is -0.465 e. The fourth-order valence-corrected chi connectivity index (χ4v) is 2.87. The Morgan fingerprint density at radius 1 is 1.36 bits per heavy atom. The van der Waals surface area contributed by atoms with Gasteiger partial charge >= 0.3 is 5.97 Å². The molecule has 1 unspecified atom stereocenters. The minimum absolute atomic E-state index is 0.0211. The molecule has 1 aromatic rings. The number of halogens is 1. The zero-order valence-electron chi connectivity index (χ0n) is 12.4. The van der Waals surface area contributed by atoms with Gasteiger partial charge < -0.3 is 9.64 Å². The average Bonchev–Trinajstić information content (AvgIpc) is 2.49. The fourth-order valence-electron chi connectivity index (χ4n) is 2.44. The van der Waals surface area contributed by atoms with E-state index in [0.29, 0.717) is 13.0 Å². The summed E-state index contributed by atoms with van der Waals surface area (Å²) in [6, 6.07) is 7.49. The molecule has 1 fully saturated rings. The van der Waals surface area contributed by atoms with E-state index in [4.69, 9.17) is 4.74 Å². The molecule has 1 aliphatic rings. The van der Waals surface area contributed by atoms with Crippen LogP contribution in [-0.2, 0) is 25.5 Å². The maximum absolute atomic E-state index is 12.3. The van der Waals surface area contributed by atoms with E-state index in [2.05, 4.69) is 15.9 Å². The second kappa shape index (κ2) is 7.54. The monoisotopic (exact) mass is 367 g/mol. The van der Waals surface area contributed by atoms with E-state index in [1.807, 2.05) is 24.3 Å². The molecule has 0 radical (unpaired) electrons. The van der Waals surface area contributed by atoms with E-state index < -0.39 is 11.9 Å². The SMILES string of the molecule is CCOC(=O)C1CCN(C(=O)Cc2ccccc2Br)CC1=O. The normalized spacial score (nSPS) is 18.2. The van der Waals surface area contributed by atoms with Gasteiger partial charge in [-0.2, -0.15) is 0 Å². The zero-order valence-corrected chi connectivity index (χ0v) is 14.0. The highest BCUT2D eigenvalue weighted by molar-refractivity contribution is 9.10. The summed E-state index contributed by atoms with van der Waals surface area (Å²) >= 11 is 3.41. The molecule has 6 heteroatoms. The van der Waals surface area contributed by atoms with Gasteiger partial charge in [0.15, 0.2) is 5.78 Å². The number of rotatable bonds is 4. The lowest BCUT2D eigenvalue weighted by atomic mass is 9.95. The van der Waals surface area contributed by atoms with Gasteiger partial charge in [-0.05, 0) is 25.0 Å². The third-order valence-corrected chi connectivity index (χ3v) is 4.42. The van der Waals surface area contributed by atoms with Crippen molar-refractivity contribution >= 4 is 33.6 Å². The van der Waals surface area contributed by atoms with Crippen LogP contribution in [0, 0.1) is 5.92 Å². The lowest BCUT2D eigenvalue weighted by Crippen LogP contribution is -2.47. The molecule has 5 nitrogen and oxygen atoms in total. The number of piperidine rings is 1. The zero-order chi connectivity index (χ0) is 16.1. The van der Waals surface area contributed by atoms with Gasteiger partial charge in [-0.15, -0.1) is 0 Å². The summed E-state index contributed by atoms with van der Waals surface area (Å²) in [7, 11) is 0. The van der Waals surface area contributed by atoms with Crippen molar-refractivity contribution in [3.63, 3.8) is 0 Å². The quantitative estimate of drug-likeness (QED) is 0.602. The van der Waals surface area contributed by atoms with Crippen LogP contribution < -0.4 is 0 Å². The molecule has 1 heterocycles. The van der Waals surface area contributed by atoms with Crippen molar-refractivity contribution < 1.29 is 19.1 Å². The number of amides is 1. The van der Waals surface area contributed by atoms with Crippen molar-refractivity contribution in [1.82, 2.24) is 4.90 Å². The van der Waals surface area contributed by atoms with Crippen LogP contribution in [0.15, 0.2) is 28.7 Å². The van der Waals surface area contributed by atoms with Crippen LogP contribution in [0.25, 0.3) is 0 Å². The Labute approximate surface area is 137 Å². The first-order valence-corrected chi connectivity index (χ1v) is 8.02. The fraction of sp³-hybridized carbons (Fsp3) is 0.438. The van der Waals surface area contributed by atoms with E-state index >= 15 is 0 Å². The molecule has 0 saturated carbocycles. The summed E-state index contributed by atoms with van der Waals surface area (Å²) in [4.78, 5) is 37.5. The second-order valence-corrected chi connectivity index (χ2v) is 6.00. The molecule has 1 saturated heterocycles. The van der Waals surface area contributed by atoms with Crippen LogP contribution in [-0.4, -0.2) is 42.3 Å². The number of hydrogen-bond donors (Lipinski definition) is 0. The van der Waals surface area contributed by atoms with Crippen LogP contribution in [0.1, 0.15) is 18.9 Å². The molecule has 1 amide bonds. The number of nitrogens with zero attached hydrogens (tertiary/aromatic N) is 1. The Morgan fingerprint density at radius 3 is 2.73 bits per heavy atom. The highest BCUT2D eigenvalue weighted by Crippen LogP contribution is 2.20. The Balaban J connectivity index is 1.95. The predicted octanol–water partition coefficient (Wildman–Crippen LogP) is 1.97. The molecule has 0 N–H and O–H groups in total. The first-order chi connectivity index (χ1) is 10.5. The predicted molar refractivity (Wildman–Crippen MR) is 84.2 cm³/mol. The molecular weight excluding hydrogens is 350 g/mol. The Hall–Kier alpha value is -1.69. The van der Waals surface area contributed by atoms with Gasteiger partial charge in [0.1, 0.15) is 5.92 Å². The maximum atomic E-state index is 12.3. The number of benzene rings is 1. The first-order valence-electron chi connectivity index (χ1n) is 7.23. The summed E-state index contributed by atoms with van der Waals surface area (Å²) in [5, 5.41) is 0. The summed E-state index contributed by atoms with van der Waals surface area (Å²) in [5.74, 6) is -1.56. The molecule has 22 heavy (non-hydrogen) atoms. The van der Waals surface area contributed by atoms with Crippen molar-refractivity contribution in [1.29, 1.82) is 0 Å². The van der Waals surface area contributed by atoms with Gasteiger partial charge in [-0.1, -0.05) is 34.1 Å². The number of Topliss-reactive ketones (excluding diaryl/α,β-unsaturated/α-hetero) is 1. The van der Waals surface area contributed by atoms with Crippen molar-refractivity contribution in [2.24, 2.45) is 5.92 Å². The minimum atomic E-state index is -0.729. The van der Waals surface area contributed by atoms with Crippen molar-refractivity contribution in [3.8, 4) is 0 Å². The smallest absolute Gasteiger partial charge is 0.316 e. The Bertz CT molecular complexity index is 587. The van der Waals surface area contributed by atoms with Gasteiger partial charge in [0.05, 0.1) is 19.6 Å². The Morgan fingerprint density at radius 2 is 2.09 bits per heavy atom. The van der Waals surface area contributed by atoms with Crippen LogP contribution >= 0.6 is 15.9 Å². The van der Waals surface area contributed by atoms with Gasteiger partial charge in [-0.3, -0.25) is 14.4 Å². The van der Waals surface area contributed by atoms with Crippen molar-refractivity contribution in [2.45, 2.75) is 19.8 Å². The standard InChI is InChI=1S/C16H18BrNO4/c1-2-22-16(21)12-7-8-18(10-14(12)19)15(20)9-11-5-3-4-6-13(11)17/h3-6,12H,2,7-10H2,1H3. The molecule has 1 aromatic carbocycles. The van der Waals surface area contributed by atoms with E-state index in [9.17, 15) is 14.4 Å². The van der Waals surface area contributed by atoms with E-state index in [1.54, 1.807) is 6.92 Å². The second-order valence-electron chi connectivity index (χ2n) is 5.14. The lowest BCUT2D eigenvalue weighted by molar-refractivity contribution is -0.155. The van der Waals surface area contributed by atoms with Crippen molar-refractivity contribution in [2.75, 3.05) is 19.7 Å². The molecule has 1 atom stereocenters. The van der Waals surface area contributed by atoms with Crippen molar-refractivity contribution in [3.05, 3.63) is 34.3 Å². The highest BCUT2D eigenvalue weighted by atomic mass is 79.9. The van der Waals surface area contributed by atoms with E-state index in [-0.39, 0.29) is 31.3 Å². The van der Waals surface area contributed by atoms with Gasteiger partial charge in [0.25, 0.3) is 0 Å². The Kier molecular flexibility index (Phi) is 5.71. The van der Waals surface area contributed by atoms with E-state index in [0.717, 1.165) is 10.0 Å². The average molecular weight is 368 g/mol. The molecule has 2 rings (SSSR count). The molecular formula is C16H18BrNO4. The molecule has 0 spiro atoms. The number of hydrogen-bond acceptors (Lipinski definition) is 4. The third kappa shape index (κ3) is 3.94. The van der Waals surface area contributed by atoms with Gasteiger partial charge in [0, 0.05) is 11.0 Å². The topological polar surface area (TPSA) is 63.7 Å². The molecule has 1 aliphatic heterocycles. The van der Waals surface area contributed by atoms with E-state index in [1.165, 1.54) is 4.90 Å². The number of likely N-dealkylation sites (tertiary alicyclic amines) is 1. The largest absolute Gasteiger partial charge is 0.465 e. The number of carbonyl (C=O) groups is 3. The van der Waals surface area contributed by atoms with Crippen LogP contribution in [0.2, 0.25) is 0 Å². The van der Waals surface area contributed by atoms with Crippen LogP contribution in [0.3, 0.4) is 0 Å². The summed E-state index contributed by atoms with van der Waals surface area (Å²) in [5.41, 5.74) is 0.882. The van der Waals surface area contributed by atoms with Gasteiger partial charge in [-0.25, -0.2) is 0 Å². The molecule has 0 aliphatic carbocycles. The first kappa shape index (κ1) is 16.7. The maximum Gasteiger partial charge on any atom is 0.316 e. The number of ether oxygens (including phenoxy) is 1. The van der Waals surface area contributed by atoms with Gasteiger partial charge in [0.2, 0.25) is 5.91 Å². The highest BCUT2D eigenvalue weighted by Gasteiger charge is 2.35. The summed E-state index contributed by atoms with van der Waals surface area (Å²) in [6.07, 6.45) is 0.568.